The Morgan fingerprint density at radius 3 is 3.00 bits per heavy atom. The first-order valence-corrected chi connectivity index (χ1v) is 5.75. The van der Waals surface area contributed by atoms with Crippen LogP contribution in [-0.4, -0.2) is 36.9 Å². The predicted molar refractivity (Wildman–Crippen MR) is 61.4 cm³/mol. The van der Waals surface area contributed by atoms with Gasteiger partial charge in [0, 0.05) is 20.1 Å². The molecule has 0 saturated carbocycles. The van der Waals surface area contributed by atoms with E-state index < -0.39 is 0 Å². The highest BCUT2D eigenvalue weighted by Crippen LogP contribution is 2.18. The molecule has 2 heterocycles. The van der Waals surface area contributed by atoms with Gasteiger partial charge in [0.25, 0.3) is 5.91 Å². The van der Waals surface area contributed by atoms with Gasteiger partial charge in [0.05, 0.1) is 17.7 Å². The van der Waals surface area contributed by atoms with Crippen molar-refractivity contribution >= 4 is 11.8 Å². The lowest BCUT2D eigenvalue weighted by Gasteiger charge is -2.31. The van der Waals surface area contributed by atoms with Crippen molar-refractivity contribution in [3.63, 3.8) is 0 Å². The van der Waals surface area contributed by atoms with Crippen molar-refractivity contribution in [2.45, 2.75) is 12.8 Å². The van der Waals surface area contributed by atoms with Gasteiger partial charge in [-0.2, -0.15) is 0 Å². The van der Waals surface area contributed by atoms with Gasteiger partial charge in [0.15, 0.2) is 0 Å². The molecule has 0 radical (unpaired) electrons. The molecule has 1 atom stereocenters. The van der Waals surface area contributed by atoms with Crippen LogP contribution in [0.3, 0.4) is 0 Å². The summed E-state index contributed by atoms with van der Waals surface area (Å²) in [6.45, 7) is 1.20. The summed E-state index contributed by atoms with van der Waals surface area (Å²) in [4.78, 5) is 25.3. The third kappa shape index (κ3) is 2.49. The Kier molecular flexibility index (Phi) is 3.46. The van der Waals surface area contributed by atoms with Crippen LogP contribution in [0.4, 0.5) is 0 Å². The molecule has 1 N–H and O–H groups in total. The molecule has 1 unspecified atom stereocenters. The summed E-state index contributed by atoms with van der Waals surface area (Å²) in [6.07, 6.45) is 4.62. The highest BCUT2D eigenvalue weighted by Gasteiger charge is 2.28. The van der Waals surface area contributed by atoms with Crippen molar-refractivity contribution in [1.82, 2.24) is 10.2 Å². The maximum absolute atomic E-state index is 12.1. The molecule has 0 aliphatic carbocycles. The van der Waals surface area contributed by atoms with Crippen molar-refractivity contribution in [2.24, 2.45) is 5.92 Å². The summed E-state index contributed by atoms with van der Waals surface area (Å²) < 4.78 is 4.90. The van der Waals surface area contributed by atoms with Crippen LogP contribution in [0.2, 0.25) is 0 Å². The van der Waals surface area contributed by atoms with E-state index in [4.69, 9.17) is 4.42 Å². The highest BCUT2D eigenvalue weighted by atomic mass is 16.3. The van der Waals surface area contributed by atoms with Crippen LogP contribution in [0.25, 0.3) is 0 Å². The summed E-state index contributed by atoms with van der Waals surface area (Å²) >= 11 is 0. The normalized spacial score (nSPS) is 20.1. The second kappa shape index (κ2) is 5.03. The van der Waals surface area contributed by atoms with Gasteiger partial charge >= 0.3 is 0 Å². The van der Waals surface area contributed by atoms with E-state index in [1.165, 1.54) is 12.5 Å². The van der Waals surface area contributed by atoms with Crippen molar-refractivity contribution in [1.29, 1.82) is 0 Å². The smallest absolute Gasteiger partial charge is 0.257 e. The molecule has 1 aliphatic rings. The maximum Gasteiger partial charge on any atom is 0.257 e. The van der Waals surface area contributed by atoms with Crippen molar-refractivity contribution in [2.75, 3.05) is 20.1 Å². The first-order valence-electron chi connectivity index (χ1n) is 5.75. The Labute approximate surface area is 99.8 Å². The number of piperidine rings is 1. The zero-order chi connectivity index (χ0) is 12.3. The number of rotatable bonds is 2. The van der Waals surface area contributed by atoms with E-state index in [0.717, 1.165) is 12.8 Å². The molecular weight excluding hydrogens is 220 g/mol. The lowest BCUT2D eigenvalue weighted by Crippen LogP contribution is -2.44. The molecule has 1 saturated heterocycles. The second-order valence-corrected chi connectivity index (χ2v) is 4.22. The molecule has 1 aromatic rings. The Morgan fingerprint density at radius 1 is 1.53 bits per heavy atom. The van der Waals surface area contributed by atoms with E-state index in [2.05, 4.69) is 5.32 Å². The third-order valence-electron chi connectivity index (χ3n) is 3.09. The number of hydrogen-bond acceptors (Lipinski definition) is 3. The number of carbonyl (C=O) groups is 2. The van der Waals surface area contributed by atoms with Gasteiger partial charge in [-0.1, -0.05) is 0 Å². The SMILES string of the molecule is CNC(=O)C1CCCN(C(=O)c2ccoc2)C1. The lowest BCUT2D eigenvalue weighted by molar-refractivity contribution is -0.125. The largest absolute Gasteiger partial charge is 0.472 e. The monoisotopic (exact) mass is 236 g/mol. The summed E-state index contributed by atoms with van der Waals surface area (Å²) in [6, 6.07) is 1.64. The third-order valence-corrected chi connectivity index (χ3v) is 3.09. The van der Waals surface area contributed by atoms with Crippen LogP contribution in [0.15, 0.2) is 23.0 Å². The van der Waals surface area contributed by atoms with Crippen molar-refractivity contribution in [3.05, 3.63) is 24.2 Å². The lowest BCUT2D eigenvalue weighted by atomic mass is 9.97. The fourth-order valence-electron chi connectivity index (χ4n) is 2.15. The number of carbonyl (C=O) groups excluding carboxylic acids is 2. The molecule has 5 heteroatoms. The number of nitrogens with one attached hydrogen (secondary N) is 1. The zero-order valence-electron chi connectivity index (χ0n) is 9.81. The molecule has 92 valence electrons. The highest BCUT2D eigenvalue weighted by molar-refractivity contribution is 5.94. The minimum atomic E-state index is -0.0930. The molecule has 1 fully saturated rings. The molecule has 0 spiro atoms. The summed E-state index contributed by atoms with van der Waals surface area (Å²) in [5.41, 5.74) is 0.544. The average molecular weight is 236 g/mol. The molecule has 0 bridgehead atoms. The number of nitrogens with zero attached hydrogens (tertiary/aromatic N) is 1. The molecule has 1 aromatic heterocycles. The number of amides is 2. The standard InChI is InChI=1S/C12H16N2O3/c1-13-11(15)9-3-2-5-14(7-9)12(16)10-4-6-17-8-10/h4,6,8-9H,2-3,5,7H2,1H3,(H,13,15). The van der Waals surface area contributed by atoms with Crippen LogP contribution in [-0.2, 0) is 4.79 Å². The number of hydrogen-bond donors (Lipinski definition) is 1. The molecule has 2 amide bonds. The Balaban J connectivity index is 2.02. The minimum Gasteiger partial charge on any atom is -0.472 e. The molecule has 0 aromatic carbocycles. The van der Waals surface area contributed by atoms with Gasteiger partial charge in [0.2, 0.25) is 5.91 Å². The maximum atomic E-state index is 12.1. The summed E-state index contributed by atoms with van der Waals surface area (Å²) in [5.74, 6) is -0.147. The molecule has 5 nitrogen and oxygen atoms in total. The Hall–Kier alpha value is -1.78. The molecule has 2 rings (SSSR count). The van der Waals surface area contributed by atoms with Crippen molar-refractivity contribution < 1.29 is 14.0 Å². The molecular formula is C12H16N2O3. The zero-order valence-corrected chi connectivity index (χ0v) is 9.81. The van der Waals surface area contributed by atoms with Gasteiger partial charge in [0.1, 0.15) is 6.26 Å². The quantitative estimate of drug-likeness (QED) is 0.829. The first-order chi connectivity index (χ1) is 8.22. The van der Waals surface area contributed by atoms with Gasteiger partial charge in [-0.25, -0.2) is 0 Å². The van der Waals surface area contributed by atoms with E-state index in [1.54, 1.807) is 18.0 Å². The average Bonchev–Trinajstić information content (AvgIpc) is 2.91. The topological polar surface area (TPSA) is 62.6 Å². The van der Waals surface area contributed by atoms with E-state index in [1.807, 2.05) is 0 Å². The van der Waals surface area contributed by atoms with Gasteiger partial charge in [-0.15, -0.1) is 0 Å². The molecule has 17 heavy (non-hydrogen) atoms. The first kappa shape index (κ1) is 11.7. The van der Waals surface area contributed by atoms with Gasteiger partial charge in [-0.3, -0.25) is 9.59 Å². The Morgan fingerprint density at radius 2 is 2.35 bits per heavy atom. The van der Waals surface area contributed by atoms with E-state index in [0.29, 0.717) is 18.7 Å². The predicted octanol–water partition coefficient (Wildman–Crippen LogP) is 0.878. The fourth-order valence-corrected chi connectivity index (χ4v) is 2.15. The second-order valence-electron chi connectivity index (χ2n) is 4.22. The fraction of sp³-hybridized carbons (Fsp3) is 0.500. The van der Waals surface area contributed by atoms with Crippen LogP contribution < -0.4 is 5.32 Å². The number of likely N-dealkylation sites (tertiary alicyclic amines) is 1. The Bertz CT molecular complexity index is 400. The van der Waals surface area contributed by atoms with E-state index in [-0.39, 0.29) is 17.7 Å². The van der Waals surface area contributed by atoms with E-state index in [9.17, 15) is 9.59 Å². The summed E-state index contributed by atoms with van der Waals surface area (Å²) in [5, 5.41) is 2.63. The van der Waals surface area contributed by atoms with Gasteiger partial charge in [-0.05, 0) is 18.9 Å². The van der Waals surface area contributed by atoms with Crippen LogP contribution in [0.5, 0.6) is 0 Å². The van der Waals surface area contributed by atoms with E-state index >= 15 is 0 Å². The van der Waals surface area contributed by atoms with Crippen molar-refractivity contribution in [3.8, 4) is 0 Å². The minimum absolute atomic E-state index is 0.00898. The number of furan rings is 1. The van der Waals surface area contributed by atoms with Crippen LogP contribution in [0, 0.1) is 5.92 Å². The van der Waals surface area contributed by atoms with Crippen LogP contribution in [0.1, 0.15) is 23.2 Å². The van der Waals surface area contributed by atoms with Crippen LogP contribution >= 0.6 is 0 Å². The molecule has 1 aliphatic heterocycles. The summed E-state index contributed by atoms with van der Waals surface area (Å²) in [7, 11) is 1.62. The van der Waals surface area contributed by atoms with Gasteiger partial charge < -0.3 is 14.6 Å².